The van der Waals surface area contributed by atoms with Crippen LogP contribution in [0.3, 0.4) is 0 Å². The van der Waals surface area contributed by atoms with Gasteiger partial charge in [0.05, 0.1) is 0 Å². The van der Waals surface area contributed by atoms with Gasteiger partial charge in [0.2, 0.25) is 0 Å². The van der Waals surface area contributed by atoms with Crippen molar-refractivity contribution in [2.24, 2.45) is 0 Å². The summed E-state index contributed by atoms with van der Waals surface area (Å²) in [6.45, 7) is 1.34. The average molecular weight is 147 g/mol. The Bertz CT molecular complexity index is 64.0. The smallest absolute Gasteiger partial charge is 0.165 e. The van der Waals surface area contributed by atoms with Gasteiger partial charge in [-0.1, -0.05) is 23.2 Å². The van der Waals surface area contributed by atoms with E-state index >= 15 is 0 Å². The lowest BCUT2D eigenvalue weighted by atomic mass is 10.5. The molecule has 0 saturated carbocycles. The van der Waals surface area contributed by atoms with Crippen LogP contribution in [0.1, 0.15) is 6.92 Å². The molecule has 0 aliphatic carbocycles. The third-order valence-corrected chi connectivity index (χ3v) is 0.922. The van der Waals surface area contributed by atoms with Gasteiger partial charge in [-0.25, -0.2) is 0 Å². The van der Waals surface area contributed by atoms with Crippen molar-refractivity contribution in [2.75, 3.05) is 0 Å². The number of halogens is 3. The summed E-state index contributed by atoms with van der Waals surface area (Å²) in [5.74, 6) is -0.210. The minimum Gasteiger partial charge on any atom is -0.297 e. The van der Waals surface area contributed by atoms with Crippen molar-refractivity contribution in [3.63, 3.8) is 0 Å². The highest BCUT2D eigenvalue weighted by atomic mass is 35.5. The van der Waals surface area contributed by atoms with Gasteiger partial charge < -0.3 is 0 Å². The molecule has 44 valence electrons. The minimum atomic E-state index is -0.843. The van der Waals surface area contributed by atoms with Crippen LogP contribution in [-0.4, -0.2) is 10.6 Å². The van der Waals surface area contributed by atoms with Gasteiger partial charge in [-0.15, -0.1) is 0 Å². The zero-order valence-electron chi connectivity index (χ0n) is 3.65. The number of carbonyl (C=O) groups is 1. The number of Topliss-reactive ketones (excluding diaryl/α,β-unsaturated/α-hetero) is 1. The van der Waals surface area contributed by atoms with E-state index in [9.17, 15) is 4.79 Å². The van der Waals surface area contributed by atoms with Crippen LogP contribution in [0.2, 0.25) is 0 Å². The molecule has 0 bridgehead atoms. The summed E-state index contributed by atoms with van der Waals surface area (Å²) >= 11 is 10.1. The number of ketones is 1. The second kappa shape index (κ2) is 4.34. The SMILES string of the molecule is CC(=O)C(Cl)Cl.F. The van der Waals surface area contributed by atoms with Gasteiger partial charge in [0.15, 0.2) is 10.6 Å². The summed E-state index contributed by atoms with van der Waals surface area (Å²) in [5.41, 5.74) is 0. The zero-order valence-corrected chi connectivity index (χ0v) is 5.16. The molecule has 0 aromatic rings. The molecule has 0 aromatic heterocycles. The van der Waals surface area contributed by atoms with Crippen molar-refractivity contribution >= 4 is 29.0 Å². The quantitative estimate of drug-likeness (QED) is 0.514. The fraction of sp³-hybridized carbons (Fsp3) is 0.667. The third-order valence-electron chi connectivity index (χ3n) is 0.307. The minimum absolute atomic E-state index is 0. The van der Waals surface area contributed by atoms with E-state index in [1.165, 1.54) is 6.92 Å². The zero-order chi connectivity index (χ0) is 5.15. The van der Waals surface area contributed by atoms with E-state index in [1.54, 1.807) is 0 Å². The van der Waals surface area contributed by atoms with Gasteiger partial charge in [-0.2, -0.15) is 0 Å². The molecule has 4 heteroatoms. The molecular weight excluding hydrogens is 142 g/mol. The van der Waals surface area contributed by atoms with Crippen LogP contribution in [0.15, 0.2) is 0 Å². The van der Waals surface area contributed by atoms with E-state index in [-0.39, 0.29) is 10.5 Å². The largest absolute Gasteiger partial charge is 0.297 e. The Balaban J connectivity index is 0. The predicted molar refractivity (Wildman–Crippen MR) is 28.7 cm³/mol. The highest BCUT2D eigenvalue weighted by Crippen LogP contribution is 2.00. The Hall–Kier alpha value is 0.180. The molecule has 7 heavy (non-hydrogen) atoms. The molecule has 0 N–H and O–H groups in total. The average Bonchev–Trinajstić information content (AvgIpc) is 1.36. The van der Waals surface area contributed by atoms with E-state index in [0.29, 0.717) is 0 Å². The maximum absolute atomic E-state index is 9.88. The van der Waals surface area contributed by atoms with E-state index in [2.05, 4.69) is 0 Å². The van der Waals surface area contributed by atoms with Crippen molar-refractivity contribution in [3.8, 4) is 0 Å². The highest BCUT2D eigenvalue weighted by Gasteiger charge is 2.01. The van der Waals surface area contributed by atoms with Crippen LogP contribution >= 0.6 is 23.2 Å². The van der Waals surface area contributed by atoms with Crippen molar-refractivity contribution in [1.82, 2.24) is 0 Å². The summed E-state index contributed by atoms with van der Waals surface area (Å²) in [7, 11) is 0. The number of hydrogen-bond acceptors (Lipinski definition) is 1. The van der Waals surface area contributed by atoms with Crippen LogP contribution in [0, 0.1) is 0 Å². The first kappa shape index (κ1) is 10.2. The summed E-state index contributed by atoms with van der Waals surface area (Å²) < 4.78 is 0. The van der Waals surface area contributed by atoms with Gasteiger partial charge >= 0.3 is 0 Å². The molecule has 0 atom stereocenters. The number of hydrogen-bond donors (Lipinski definition) is 0. The second-order valence-electron chi connectivity index (χ2n) is 0.911. The molecular formula is C3H5Cl2FO. The Morgan fingerprint density at radius 2 is 1.71 bits per heavy atom. The fourth-order valence-electron chi connectivity index (χ4n) is 0. The predicted octanol–water partition coefficient (Wildman–Crippen LogP) is 1.53. The lowest BCUT2D eigenvalue weighted by Crippen LogP contribution is -1.99. The lowest BCUT2D eigenvalue weighted by Gasteiger charge is -1.85. The monoisotopic (exact) mass is 146 g/mol. The fourth-order valence-corrected chi connectivity index (χ4v) is 0. The van der Waals surface area contributed by atoms with Crippen molar-refractivity contribution in [1.29, 1.82) is 0 Å². The molecule has 0 unspecified atom stereocenters. The van der Waals surface area contributed by atoms with E-state index in [4.69, 9.17) is 23.2 Å². The van der Waals surface area contributed by atoms with E-state index in [0.717, 1.165) is 0 Å². The van der Waals surface area contributed by atoms with Crippen LogP contribution < -0.4 is 0 Å². The first-order chi connectivity index (χ1) is 2.64. The Labute approximate surface area is 51.0 Å². The molecule has 0 fully saturated rings. The molecule has 0 aliphatic rings. The summed E-state index contributed by atoms with van der Waals surface area (Å²) in [5, 5.41) is 0. The molecule has 0 radical (unpaired) electrons. The molecule has 0 spiro atoms. The van der Waals surface area contributed by atoms with Gasteiger partial charge in [-0.3, -0.25) is 9.50 Å². The highest BCUT2D eigenvalue weighted by molar-refractivity contribution is 6.53. The second-order valence-corrected chi connectivity index (χ2v) is 2.01. The van der Waals surface area contributed by atoms with Crippen LogP contribution in [0.5, 0.6) is 0 Å². The molecule has 1 nitrogen and oxygen atoms in total. The first-order valence-electron chi connectivity index (χ1n) is 1.43. The molecule has 0 aromatic carbocycles. The van der Waals surface area contributed by atoms with Gasteiger partial charge in [0, 0.05) is 0 Å². The molecule has 0 amide bonds. The van der Waals surface area contributed by atoms with Crippen molar-refractivity contribution in [3.05, 3.63) is 0 Å². The lowest BCUT2D eigenvalue weighted by molar-refractivity contribution is -0.115. The van der Waals surface area contributed by atoms with Gasteiger partial charge in [0.25, 0.3) is 0 Å². The third kappa shape index (κ3) is 6.18. The molecule has 0 rings (SSSR count). The number of carbonyl (C=O) groups excluding carboxylic acids is 1. The summed E-state index contributed by atoms with van der Waals surface area (Å²) in [6.07, 6.45) is 0. The first-order valence-corrected chi connectivity index (χ1v) is 2.30. The van der Waals surface area contributed by atoms with Crippen LogP contribution in [-0.2, 0) is 4.79 Å². The Morgan fingerprint density at radius 1 is 1.57 bits per heavy atom. The number of alkyl halides is 2. The Kier molecular flexibility index (Phi) is 6.34. The molecule has 0 saturated heterocycles. The topological polar surface area (TPSA) is 17.1 Å². The summed E-state index contributed by atoms with van der Waals surface area (Å²) in [6, 6.07) is 0. The normalized spacial score (nSPS) is 8.00. The standard InChI is InChI=1S/C3H4Cl2O.FH/c1-2(6)3(4)5;/h3H,1H3;1H. The van der Waals surface area contributed by atoms with Gasteiger partial charge in [-0.05, 0) is 6.92 Å². The van der Waals surface area contributed by atoms with Crippen LogP contribution in [0.25, 0.3) is 0 Å². The maximum atomic E-state index is 9.88. The van der Waals surface area contributed by atoms with Gasteiger partial charge in [0.1, 0.15) is 0 Å². The van der Waals surface area contributed by atoms with Crippen LogP contribution in [0.4, 0.5) is 4.70 Å². The van der Waals surface area contributed by atoms with Crippen molar-refractivity contribution < 1.29 is 9.50 Å². The molecule has 0 aliphatic heterocycles. The van der Waals surface area contributed by atoms with E-state index < -0.39 is 4.84 Å². The van der Waals surface area contributed by atoms with Crippen molar-refractivity contribution in [2.45, 2.75) is 11.8 Å². The summed E-state index contributed by atoms with van der Waals surface area (Å²) in [4.78, 5) is 9.04. The molecule has 0 heterocycles. The van der Waals surface area contributed by atoms with E-state index in [1.807, 2.05) is 0 Å². The maximum Gasteiger partial charge on any atom is 0.165 e. The number of rotatable bonds is 1. The Morgan fingerprint density at radius 3 is 1.71 bits per heavy atom.